The maximum Gasteiger partial charge on any atom is 0.155 e. The van der Waals surface area contributed by atoms with Gasteiger partial charge in [0.1, 0.15) is 6.33 Å². The minimum absolute atomic E-state index is 0.695. The minimum Gasteiger partial charge on any atom is -0.267 e. The quantitative estimate of drug-likeness (QED) is 0.733. The van der Waals surface area contributed by atoms with Crippen LogP contribution in [0, 0.1) is 41.5 Å². The van der Waals surface area contributed by atoms with Crippen LogP contribution in [0.25, 0.3) is 11.3 Å². The Balaban J connectivity index is 2.26. The number of benzene rings is 1. The Labute approximate surface area is 149 Å². The fourth-order valence-electron chi connectivity index (χ4n) is 3.70. The SMILES string of the molecule is Cc1nn(C)c(-c2c(C)c(C)c(C)c(C)c2C)c1Cc1ncn(C)n1. The molecule has 0 atom stereocenters. The number of nitrogens with zero attached hydrogens (tertiary/aromatic N) is 5. The molecule has 5 heteroatoms. The molecule has 2 aromatic heterocycles. The van der Waals surface area contributed by atoms with Gasteiger partial charge in [0.15, 0.2) is 5.82 Å². The summed E-state index contributed by atoms with van der Waals surface area (Å²) in [5.41, 5.74) is 11.5. The standard InChI is InChI=1S/C20H27N5/c1-11-12(2)14(4)19(15(5)13(11)3)20-17(16(6)22-25(20)8)9-18-21-10-24(7)23-18/h10H,9H2,1-8H3. The third-order valence-corrected chi connectivity index (χ3v) is 5.56. The maximum atomic E-state index is 4.71. The molecule has 0 fully saturated rings. The molecule has 0 unspecified atom stereocenters. The lowest BCUT2D eigenvalue weighted by Crippen LogP contribution is -2.05. The molecule has 3 rings (SSSR count). The average molecular weight is 337 g/mol. The van der Waals surface area contributed by atoms with Gasteiger partial charge in [0.25, 0.3) is 0 Å². The van der Waals surface area contributed by atoms with Gasteiger partial charge in [-0.05, 0) is 69.4 Å². The monoisotopic (exact) mass is 337 g/mol. The Morgan fingerprint density at radius 2 is 1.36 bits per heavy atom. The molecule has 0 aliphatic carbocycles. The molecule has 5 nitrogen and oxygen atoms in total. The predicted molar refractivity (Wildman–Crippen MR) is 101 cm³/mol. The molecular weight excluding hydrogens is 310 g/mol. The van der Waals surface area contributed by atoms with Crippen molar-refractivity contribution in [3.63, 3.8) is 0 Å². The van der Waals surface area contributed by atoms with E-state index >= 15 is 0 Å². The highest BCUT2D eigenvalue weighted by atomic mass is 15.3. The molecule has 0 amide bonds. The van der Waals surface area contributed by atoms with Crippen molar-refractivity contribution < 1.29 is 0 Å². The lowest BCUT2D eigenvalue weighted by Gasteiger charge is -2.20. The summed E-state index contributed by atoms with van der Waals surface area (Å²) in [6.07, 6.45) is 2.44. The zero-order chi connectivity index (χ0) is 18.5. The smallest absolute Gasteiger partial charge is 0.155 e. The highest BCUT2D eigenvalue weighted by Gasteiger charge is 2.22. The van der Waals surface area contributed by atoms with Crippen LogP contribution >= 0.6 is 0 Å². The van der Waals surface area contributed by atoms with E-state index in [0.29, 0.717) is 6.42 Å². The summed E-state index contributed by atoms with van der Waals surface area (Å²) in [6.45, 7) is 13.1. The molecule has 0 saturated heterocycles. The first-order valence-corrected chi connectivity index (χ1v) is 8.66. The van der Waals surface area contributed by atoms with Gasteiger partial charge in [-0.3, -0.25) is 9.36 Å². The summed E-state index contributed by atoms with van der Waals surface area (Å²) >= 11 is 0. The van der Waals surface area contributed by atoms with E-state index in [2.05, 4.69) is 51.6 Å². The lowest BCUT2D eigenvalue weighted by atomic mass is 9.86. The molecule has 0 radical (unpaired) electrons. The van der Waals surface area contributed by atoms with Gasteiger partial charge < -0.3 is 0 Å². The van der Waals surface area contributed by atoms with Crippen molar-refractivity contribution in [1.29, 1.82) is 0 Å². The first kappa shape index (κ1) is 17.4. The van der Waals surface area contributed by atoms with Crippen molar-refractivity contribution in [3.05, 3.63) is 51.2 Å². The van der Waals surface area contributed by atoms with Crippen LogP contribution < -0.4 is 0 Å². The fraction of sp³-hybridized carbons (Fsp3) is 0.450. The van der Waals surface area contributed by atoms with E-state index in [-0.39, 0.29) is 0 Å². The summed E-state index contributed by atoms with van der Waals surface area (Å²) in [5.74, 6) is 0.829. The lowest BCUT2D eigenvalue weighted by molar-refractivity contribution is 0.749. The van der Waals surface area contributed by atoms with Gasteiger partial charge in [0, 0.05) is 31.6 Å². The predicted octanol–water partition coefficient (Wildman–Crippen LogP) is 3.66. The Bertz CT molecular complexity index is 930. The molecule has 132 valence electrons. The van der Waals surface area contributed by atoms with Crippen molar-refractivity contribution in [1.82, 2.24) is 24.5 Å². The Morgan fingerprint density at radius 1 is 0.800 bits per heavy atom. The van der Waals surface area contributed by atoms with Crippen LogP contribution in [0.2, 0.25) is 0 Å². The third kappa shape index (κ3) is 2.77. The van der Waals surface area contributed by atoms with Crippen LogP contribution in [0.4, 0.5) is 0 Å². The van der Waals surface area contributed by atoms with Crippen molar-refractivity contribution >= 4 is 0 Å². The van der Waals surface area contributed by atoms with E-state index in [4.69, 9.17) is 5.10 Å². The first-order valence-electron chi connectivity index (χ1n) is 8.66. The van der Waals surface area contributed by atoms with Crippen molar-refractivity contribution in [2.24, 2.45) is 14.1 Å². The van der Waals surface area contributed by atoms with Gasteiger partial charge in [-0.2, -0.15) is 10.2 Å². The van der Waals surface area contributed by atoms with Crippen molar-refractivity contribution in [3.8, 4) is 11.3 Å². The van der Waals surface area contributed by atoms with E-state index < -0.39 is 0 Å². The summed E-state index contributed by atoms with van der Waals surface area (Å²) in [5, 5.41) is 9.16. The highest BCUT2D eigenvalue weighted by Crippen LogP contribution is 2.37. The van der Waals surface area contributed by atoms with Gasteiger partial charge in [-0.25, -0.2) is 4.98 Å². The van der Waals surface area contributed by atoms with Gasteiger partial charge in [-0.1, -0.05) is 0 Å². The largest absolute Gasteiger partial charge is 0.267 e. The minimum atomic E-state index is 0.695. The maximum absolute atomic E-state index is 4.71. The molecule has 0 bridgehead atoms. The van der Waals surface area contributed by atoms with E-state index in [9.17, 15) is 0 Å². The van der Waals surface area contributed by atoms with E-state index in [1.165, 1.54) is 44.6 Å². The Kier molecular flexibility index (Phi) is 4.27. The molecule has 0 aliphatic heterocycles. The summed E-state index contributed by atoms with van der Waals surface area (Å²) < 4.78 is 3.76. The van der Waals surface area contributed by atoms with Crippen LogP contribution in [0.1, 0.15) is 44.9 Å². The molecule has 25 heavy (non-hydrogen) atoms. The third-order valence-electron chi connectivity index (χ3n) is 5.56. The van der Waals surface area contributed by atoms with Crippen LogP contribution in [-0.2, 0) is 20.5 Å². The molecule has 0 saturated carbocycles. The molecule has 1 aromatic carbocycles. The molecule has 2 heterocycles. The summed E-state index contributed by atoms with van der Waals surface area (Å²) in [6, 6.07) is 0. The highest BCUT2D eigenvalue weighted by molar-refractivity contribution is 5.75. The zero-order valence-electron chi connectivity index (χ0n) is 16.5. The van der Waals surface area contributed by atoms with Crippen LogP contribution in [0.15, 0.2) is 6.33 Å². The van der Waals surface area contributed by atoms with E-state index in [0.717, 1.165) is 11.5 Å². The number of aryl methyl sites for hydroxylation is 3. The number of aromatic nitrogens is 5. The normalized spacial score (nSPS) is 11.4. The Hall–Kier alpha value is -2.43. The summed E-state index contributed by atoms with van der Waals surface area (Å²) in [4.78, 5) is 4.41. The number of rotatable bonds is 3. The average Bonchev–Trinajstić information content (AvgIpc) is 3.09. The fourth-order valence-corrected chi connectivity index (χ4v) is 3.70. The van der Waals surface area contributed by atoms with Gasteiger partial charge in [0.2, 0.25) is 0 Å². The van der Waals surface area contributed by atoms with Crippen LogP contribution in [-0.4, -0.2) is 24.5 Å². The van der Waals surface area contributed by atoms with Gasteiger partial charge >= 0.3 is 0 Å². The van der Waals surface area contributed by atoms with Gasteiger partial charge in [-0.15, -0.1) is 0 Å². The second-order valence-corrected chi connectivity index (χ2v) is 7.05. The van der Waals surface area contributed by atoms with Crippen molar-refractivity contribution in [2.75, 3.05) is 0 Å². The first-order chi connectivity index (χ1) is 11.7. The molecule has 3 aromatic rings. The van der Waals surface area contributed by atoms with Crippen LogP contribution in [0.5, 0.6) is 0 Å². The second kappa shape index (κ2) is 6.14. The zero-order valence-corrected chi connectivity index (χ0v) is 16.5. The summed E-state index contributed by atoms with van der Waals surface area (Å²) in [7, 11) is 3.93. The van der Waals surface area contributed by atoms with Gasteiger partial charge in [0.05, 0.1) is 11.4 Å². The topological polar surface area (TPSA) is 48.5 Å². The van der Waals surface area contributed by atoms with E-state index in [1.54, 1.807) is 11.0 Å². The Morgan fingerprint density at radius 3 is 1.88 bits per heavy atom. The molecule has 0 N–H and O–H groups in total. The van der Waals surface area contributed by atoms with E-state index in [1.807, 2.05) is 18.8 Å². The van der Waals surface area contributed by atoms with Crippen LogP contribution in [0.3, 0.4) is 0 Å². The molecule has 0 aliphatic rings. The molecule has 0 spiro atoms. The van der Waals surface area contributed by atoms with Crippen molar-refractivity contribution in [2.45, 2.75) is 48.0 Å². The molecular formula is C20H27N5. The number of hydrogen-bond acceptors (Lipinski definition) is 3. The second-order valence-electron chi connectivity index (χ2n) is 7.05. The number of hydrogen-bond donors (Lipinski definition) is 0.